The lowest BCUT2D eigenvalue weighted by atomic mass is 9.93. The van der Waals surface area contributed by atoms with E-state index in [0.29, 0.717) is 5.95 Å². The molecule has 4 rings (SSSR count). The summed E-state index contributed by atoms with van der Waals surface area (Å²) in [6, 6.07) is 16.6. The summed E-state index contributed by atoms with van der Waals surface area (Å²) in [7, 11) is 0. The fraction of sp³-hybridized carbons (Fsp3) is 0.222. The Bertz CT molecular complexity index is 871. The largest absolute Gasteiger partial charge is 0.366 e. The number of aromatic nitrogens is 3. The van der Waals surface area contributed by atoms with E-state index in [1.807, 2.05) is 28.9 Å². The van der Waals surface area contributed by atoms with Crippen molar-refractivity contribution >= 4 is 23.5 Å². The van der Waals surface area contributed by atoms with Crippen molar-refractivity contribution in [2.45, 2.75) is 25.4 Å². The van der Waals surface area contributed by atoms with Crippen LogP contribution in [0.15, 0.2) is 48.5 Å². The van der Waals surface area contributed by atoms with Crippen LogP contribution in [0.3, 0.4) is 0 Å². The lowest BCUT2D eigenvalue weighted by Crippen LogP contribution is -2.28. The number of halogens is 1. The molecule has 0 radical (unpaired) electrons. The first kappa shape index (κ1) is 15.0. The van der Waals surface area contributed by atoms with Gasteiger partial charge in [0.25, 0.3) is 0 Å². The van der Waals surface area contributed by atoms with Gasteiger partial charge in [0.2, 0.25) is 11.9 Å². The van der Waals surface area contributed by atoms with Crippen LogP contribution in [0.1, 0.15) is 35.2 Å². The molecule has 3 N–H and O–H groups in total. The molecule has 0 saturated carbocycles. The van der Waals surface area contributed by atoms with Gasteiger partial charge in [-0.25, -0.2) is 4.68 Å². The molecule has 0 saturated heterocycles. The predicted molar refractivity (Wildman–Crippen MR) is 96.2 cm³/mol. The Kier molecular flexibility index (Phi) is 3.65. The smallest absolute Gasteiger partial charge is 0.241 e. The van der Waals surface area contributed by atoms with E-state index in [0.717, 1.165) is 11.4 Å². The van der Waals surface area contributed by atoms with Crippen molar-refractivity contribution in [3.63, 3.8) is 0 Å². The van der Waals surface area contributed by atoms with Crippen molar-refractivity contribution in [2.24, 2.45) is 0 Å². The van der Waals surface area contributed by atoms with Gasteiger partial charge in [0, 0.05) is 5.02 Å². The van der Waals surface area contributed by atoms with E-state index in [-0.39, 0.29) is 18.0 Å². The SMILES string of the molecule is Cc1cccc([C@H]2C[C@@H](c3ccc(Cl)cc3)Nc3nc(N)nn32)c1. The van der Waals surface area contributed by atoms with E-state index in [2.05, 4.69) is 46.6 Å². The second kappa shape index (κ2) is 5.83. The molecule has 0 fully saturated rings. The number of nitrogen functional groups attached to an aromatic ring is 1. The monoisotopic (exact) mass is 339 g/mol. The number of fused-ring (bicyclic) bond motifs is 1. The van der Waals surface area contributed by atoms with E-state index in [1.54, 1.807) is 0 Å². The van der Waals surface area contributed by atoms with Gasteiger partial charge in [-0.15, -0.1) is 5.10 Å². The first-order chi connectivity index (χ1) is 11.6. The number of benzene rings is 2. The van der Waals surface area contributed by atoms with Gasteiger partial charge in [-0.1, -0.05) is 53.6 Å². The van der Waals surface area contributed by atoms with Gasteiger partial charge >= 0.3 is 0 Å². The third kappa shape index (κ3) is 2.71. The number of nitrogens with one attached hydrogen (secondary N) is 1. The van der Waals surface area contributed by atoms with Crippen molar-refractivity contribution in [1.82, 2.24) is 14.8 Å². The minimum atomic E-state index is 0.0895. The molecular formula is C18H18ClN5. The minimum absolute atomic E-state index is 0.0895. The maximum Gasteiger partial charge on any atom is 0.241 e. The first-order valence-electron chi connectivity index (χ1n) is 7.91. The number of nitrogens with two attached hydrogens (primary N) is 1. The van der Waals surface area contributed by atoms with Crippen molar-refractivity contribution in [2.75, 3.05) is 11.1 Å². The molecule has 0 amide bonds. The van der Waals surface area contributed by atoms with Crippen molar-refractivity contribution in [1.29, 1.82) is 0 Å². The van der Waals surface area contributed by atoms with Gasteiger partial charge in [-0.2, -0.15) is 4.98 Å². The van der Waals surface area contributed by atoms with E-state index in [4.69, 9.17) is 17.3 Å². The number of hydrogen-bond donors (Lipinski definition) is 2. The van der Waals surface area contributed by atoms with E-state index < -0.39 is 0 Å². The molecule has 0 aliphatic carbocycles. The number of anilines is 2. The Hall–Kier alpha value is -2.53. The molecular weight excluding hydrogens is 322 g/mol. The molecule has 5 nitrogen and oxygen atoms in total. The van der Waals surface area contributed by atoms with Crippen LogP contribution in [0.2, 0.25) is 5.02 Å². The average Bonchev–Trinajstić information content (AvgIpc) is 2.94. The zero-order valence-electron chi connectivity index (χ0n) is 13.3. The average molecular weight is 340 g/mol. The zero-order chi connectivity index (χ0) is 16.7. The molecule has 3 aromatic rings. The third-order valence-corrected chi connectivity index (χ3v) is 4.66. The fourth-order valence-electron chi connectivity index (χ4n) is 3.26. The predicted octanol–water partition coefficient (Wildman–Crippen LogP) is 3.97. The first-order valence-corrected chi connectivity index (χ1v) is 8.28. The quantitative estimate of drug-likeness (QED) is 0.741. The highest BCUT2D eigenvalue weighted by Gasteiger charge is 2.30. The summed E-state index contributed by atoms with van der Waals surface area (Å²) in [4.78, 5) is 4.34. The summed E-state index contributed by atoms with van der Waals surface area (Å²) in [5.41, 5.74) is 9.44. The molecule has 24 heavy (non-hydrogen) atoms. The standard InChI is InChI=1S/C18H18ClN5/c1-11-3-2-4-13(9-11)16-10-15(12-5-7-14(19)8-6-12)21-18-22-17(20)23-24(16)18/h2-9,15-16H,10H2,1H3,(H3,20,21,22,23)/t15-,16+/m0/s1. The second-order valence-electron chi connectivity index (χ2n) is 6.15. The summed E-state index contributed by atoms with van der Waals surface area (Å²) in [6.45, 7) is 2.10. The number of hydrogen-bond acceptors (Lipinski definition) is 4. The zero-order valence-corrected chi connectivity index (χ0v) is 14.0. The lowest BCUT2D eigenvalue weighted by molar-refractivity contribution is 0.431. The second-order valence-corrected chi connectivity index (χ2v) is 6.59. The van der Waals surface area contributed by atoms with Crippen molar-refractivity contribution < 1.29 is 0 Å². The molecule has 2 atom stereocenters. The summed E-state index contributed by atoms with van der Waals surface area (Å²) in [5.74, 6) is 0.983. The summed E-state index contributed by atoms with van der Waals surface area (Å²) in [5, 5.41) is 8.55. The Labute approximate surface area is 145 Å². The molecule has 0 spiro atoms. The van der Waals surface area contributed by atoms with Gasteiger partial charge in [0.1, 0.15) is 0 Å². The van der Waals surface area contributed by atoms with Crippen molar-refractivity contribution in [3.05, 3.63) is 70.2 Å². The molecule has 122 valence electrons. The Morgan fingerprint density at radius 3 is 2.71 bits per heavy atom. The molecule has 2 heterocycles. The highest BCUT2D eigenvalue weighted by molar-refractivity contribution is 6.30. The Balaban J connectivity index is 1.76. The van der Waals surface area contributed by atoms with Crippen LogP contribution in [0.5, 0.6) is 0 Å². The van der Waals surface area contributed by atoms with Crippen LogP contribution >= 0.6 is 11.6 Å². The normalized spacial score (nSPS) is 19.6. The summed E-state index contributed by atoms with van der Waals surface area (Å²) >= 11 is 6.01. The molecule has 1 aromatic heterocycles. The van der Waals surface area contributed by atoms with Crippen LogP contribution in [0, 0.1) is 6.92 Å². The third-order valence-electron chi connectivity index (χ3n) is 4.40. The summed E-state index contributed by atoms with van der Waals surface area (Å²) in [6.07, 6.45) is 0.862. The van der Waals surface area contributed by atoms with Crippen LogP contribution < -0.4 is 11.1 Å². The Morgan fingerprint density at radius 1 is 1.17 bits per heavy atom. The van der Waals surface area contributed by atoms with Crippen LogP contribution in [0.25, 0.3) is 0 Å². The van der Waals surface area contributed by atoms with E-state index in [1.165, 1.54) is 16.7 Å². The number of rotatable bonds is 2. The van der Waals surface area contributed by atoms with Gasteiger partial charge in [-0.3, -0.25) is 0 Å². The lowest BCUT2D eigenvalue weighted by Gasteiger charge is -2.31. The van der Waals surface area contributed by atoms with Crippen LogP contribution in [-0.2, 0) is 0 Å². The maximum atomic E-state index is 6.01. The van der Waals surface area contributed by atoms with Gasteiger partial charge in [0.15, 0.2) is 0 Å². The molecule has 6 heteroatoms. The Morgan fingerprint density at radius 2 is 1.96 bits per heavy atom. The highest BCUT2D eigenvalue weighted by atomic mass is 35.5. The fourth-order valence-corrected chi connectivity index (χ4v) is 3.39. The topological polar surface area (TPSA) is 68.8 Å². The van der Waals surface area contributed by atoms with Gasteiger partial charge in [0.05, 0.1) is 12.1 Å². The molecule has 0 bridgehead atoms. The van der Waals surface area contributed by atoms with Gasteiger partial charge < -0.3 is 11.1 Å². The van der Waals surface area contributed by atoms with Crippen LogP contribution in [-0.4, -0.2) is 14.8 Å². The molecule has 0 unspecified atom stereocenters. The van der Waals surface area contributed by atoms with E-state index in [9.17, 15) is 0 Å². The molecule has 2 aromatic carbocycles. The highest BCUT2D eigenvalue weighted by Crippen LogP contribution is 2.38. The summed E-state index contributed by atoms with van der Waals surface area (Å²) < 4.78 is 1.89. The number of nitrogens with zero attached hydrogens (tertiary/aromatic N) is 3. The van der Waals surface area contributed by atoms with Gasteiger partial charge in [-0.05, 0) is 36.6 Å². The molecule has 1 aliphatic rings. The molecule has 1 aliphatic heterocycles. The van der Waals surface area contributed by atoms with Crippen LogP contribution in [0.4, 0.5) is 11.9 Å². The number of aryl methyl sites for hydroxylation is 1. The minimum Gasteiger partial charge on any atom is -0.366 e. The van der Waals surface area contributed by atoms with Crippen molar-refractivity contribution in [3.8, 4) is 0 Å². The maximum absolute atomic E-state index is 6.01. The van der Waals surface area contributed by atoms with E-state index >= 15 is 0 Å².